The number of anilines is 1. The van der Waals surface area contributed by atoms with Crippen LogP contribution < -0.4 is 5.32 Å². The van der Waals surface area contributed by atoms with E-state index in [-0.39, 0.29) is 12.0 Å². The van der Waals surface area contributed by atoms with E-state index in [2.05, 4.69) is 14.9 Å². The van der Waals surface area contributed by atoms with Gasteiger partial charge in [0.05, 0.1) is 12.8 Å². The van der Waals surface area contributed by atoms with E-state index in [4.69, 9.17) is 4.74 Å². The van der Waals surface area contributed by atoms with Crippen molar-refractivity contribution in [1.29, 1.82) is 0 Å². The summed E-state index contributed by atoms with van der Waals surface area (Å²) in [6.45, 7) is 3.16. The summed E-state index contributed by atoms with van der Waals surface area (Å²) in [6, 6.07) is 5.80. The minimum absolute atomic E-state index is 0.195. The number of ether oxygens (including phenoxy) is 1. The molecule has 0 bridgehead atoms. The van der Waals surface area contributed by atoms with Gasteiger partial charge in [-0.2, -0.15) is 0 Å². The van der Waals surface area contributed by atoms with Gasteiger partial charge >= 0.3 is 6.09 Å². The molecule has 1 aliphatic heterocycles. The van der Waals surface area contributed by atoms with Crippen molar-refractivity contribution < 1.29 is 14.3 Å². The van der Waals surface area contributed by atoms with Gasteiger partial charge < -0.3 is 15.0 Å². The number of rotatable bonds is 4. The number of nitrogens with zero attached hydrogens (tertiary/aromatic N) is 3. The molecule has 0 radical (unpaired) electrons. The summed E-state index contributed by atoms with van der Waals surface area (Å²) in [7, 11) is 1.38. The first kappa shape index (κ1) is 17.3. The van der Waals surface area contributed by atoms with Crippen LogP contribution in [0.2, 0.25) is 0 Å². The average molecular weight is 360 g/mol. The Balaban J connectivity index is 1.75. The fourth-order valence-electron chi connectivity index (χ4n) is 2.89. The Labute approximate surface area is 150 Å². The normalized spacial score (nSPS) is 13.3. The van der Waals surface area contributed by atoms with Crippen molar-refractivity contribution in [2.24, 2.45) is 0 Å². The van der Waals surface area contributed by atoms with Crippen LogP contribution >= 0.6 is 11.5 Å². The zero-order valence-corrected chi connectivity index (χ0v) is 15.1. The minimum Gasteiger partial charge on any atom is -0.453 e. The van der Waals surface area contributed by atoms with Crippen LogP contribution in [-0.4, -0.2) is 40.1 Å². The number of aryl methyl sites for hydroxylation is 1. The Morgan fingerprint density at radius 3 is 2.96 bits per heavy atom. The van der Waals surface area contributed by atoms with Crippen molar-refractivity contribution >= 4 is 29.2 Å². The topological polar surface area (TPSA) is 84.4 Å². The number of hydrogen-bond donors (Lipinski definition) is 1. The Kier molecular flexibility index (Phi) is 5.28. The maximum Gasteiger partial charge on any atom is 0.409 e. The van der Waals surface area contributed by atoms with Gasteiger partial charge in [0.1, 0.15) is 4.88 Å². The molecular formula is C17H20N4O3S. The van der Waals surface area contributed by atoms with Crippen LogP contribution in [0.1, 0.15) is 39.8 Å². The Hall–Kier alpha value is -2.48. The lowest BCUT2D eigenvalue weighted by molar-refractivity contribution is 0.102. The third-order valence-corrected chi connectivity index (χ3v) is 4.92. The van der Waals surface area contributed by atoms with Gasteiger partial charge in [0.2, 0.25) is 0 Å². The Morgan fingerprint density at radius 2 is 2.20 bits per heavy atom. The highest BCUT2D eigenvalue weighted by Crippen LogP contribution is 2.24. The summed E-state index contributed by atoms with van der Waals surface area (Å²) in [4.78, 5) is 26.4. The summed E-state index contributed by atoms with van der Waals surface area (Å²) < 4.78 is 8.67. The van der Waals surface area contributed by atoms with Crippen LogP contribution in [0.25, 0.3) is 0 Å². The van der Waals surface area contributed by atoms with Gasteiger partial charge in [0, 0.05) is 18.8 Å². The van der Waals surface area contributed by atoms with Crippen molar-refractivity contribution in [3.05, 3.63) is 39.9 Å². The van der Waals surface area contributed by atoms with Crippen molar-refractivity contribution in [3.8, 4) is 0 Å². The summed E-state index contributed by atoms with van der Waals surface area (Å²) in [6.07, 6.45) is 2.09. The summed E-state index contributed by atoms with van der Waals surface area (Å²) >= 11 is 1.11. The van der Waals surface area contributed by atoms with Crippen LogP contribution in [0.4, 0.5) is 10.5 Å². The number of carbonyl (C=O) groups is 2. The first-order chi connectivity index (χ1) is 12.1. The number of amides is 2. The van der Waals surface area contributed by atoms with E-state index >= 15 is 0 Å². The zero-order chi connectivity index (χ0) is 17.8. The lowest BCUT2D eigenvalue weighted by Gasteiger charge is -2.28. The van der Waals surface area contributed by atoms with Crippen molar-refractivity contribution in [1.82, 2.24) is 14.5 Å². The molecule has 25 heavy (non-hydrogen) atoms. The number of fused-ring (bicyclic) bond motifs is 1. The van der Waals surface area contributed by atoms with Crippen LogP contribution in [0, 0.1) is 0 Å². The number of benzene rings is 1. The summed E-state index contributed by atoms with van der Waals surface area (Å²) in [5.74, 6) is -0.195. The second kappa shape index (κ2) is 7.60. The standard InChI is InChI=1S/C17H20N4O3S/c1-3-4-14-15(25-20-19-14)16(22)18-13-6-5-11-7-8-21(17(23)24-2)10-12(11)9-13/h5-6,9H,3-4,7-8,10H2,1-2H3,(H,18,22). The molecule has 132 valence electrons. The number of methoxy groups -OCH3 is 1. The Bertz CT molecular complexity index is 790. The molecule has 2 aromatic rings. The van der Waals surface area contributed by atoms with E-state index < -0.39 is 0 Å². The minimum atomic E-state index is -0.333. The molecule has 3 rings (SSSR count). The quantitative estimate of drug-likeness (QED) is 0.906. The summed E-state index contributed by atoms with van der Waals surface area (Å²) in [5.41, 5.74) is 3.64. The van der Waals surface area contributed by atoms with E-state index in [0.717, 1.165) is 42.1 Å². The van der Waals surface area contributed by atoms with Gasteiger partial charge in [-0.15, -0.1) is 5.10 Å². The molecule has 0 saturated carbocycles. The molecule has 8 heteroatoms. The largest absolute Gasteiger partial charge is 0.453 e. The molecule has 1 N–H and O–H groups in total. The lowest BCUT2D eigenvalue weighted by Crippen LogP contribution is -2.35. The van der Waals surface area contributed by atoms with Crippen LogP contribution in [-0.2, 0) is 24.1 Å². The third-order valence-electron chi connectivity index (χ3n) is 4.16. The molecule has 1 aromatic carbocycles. The molecule has 0 saturated heterocycles. The lowest BCUT2D eigenvalue weighted by atomic mass is 9.99. The predicted octanol–water partition coefficient (Wildman–Crippen LogP) is 2.87. The van der Waals surface area contributed by atoms with Gasteiger partial charge in [-0.25, -0.2) is 4.79 Å². The van der Waals surface area contributed by atoms with Crippen LogP contribution in [0.5, 0.6) is 0 Å². The molecule has 0 atom stereocenters. The zero-order valence-electron chi connectivity index (χ0n) is 14.2. The van der Waals surface area contributed by atoms with Gasteiger partial charge in [0.15, 0.2) is 0 Å². The molecule has 0 spiro atoms. The monoisotopic (exact) mass is 360 g/mol. The molecular weight excluding hydrogens is 340 g/mol. The molecule has 0 aliphatic carbocycles. The maximum absolute atomic E-state index is 12.5. The SMILES string of the molecule is CCCc1nnsc1C(=O)Nc1ccc2c(c1)CN(C(=O)OC)CC2. The van der Waals surface area contributed by atoms with E-state index in [1.165, 1.54) is 12.7 Å². The molecule has 0 unspecified atom stereocenters. The number of hydrogen-bond acceptors (Lipinski definition) is 6. The second-order valence-electron chi connectivity index (χ2n) is 5.88. The fourth-order valence-corrected chi connectivity index (χ4v) is 3.49. The highest BCUT2D eigenvalue weighted by atomic mass is 32.1. The van der Waals surface area contributed by atoms with Gasteiger partial charge in [0.25, 0.3) is 5.91 Å². The maximum atomic E-state index is 12.5. The molecule has 1 aliphatic rings. The first-order valence-electron chi connectivity index (χ1n) is 8.19. The number of nitrogens with one attached hydrogen (secondary N) is 1. The molecule has 7 nitrogen and oxygen atoms in total. The predicted molar refractivity (Wildman–Crippen MR) is 94.8 cm³/mol. The van der Waals surface area contributed by atoms with E-state index in [9.17, 15) is 9.59 Å². The third kappa shape index (κ3) is 3.79. The van der Waals surface area contributed by atoms with Crippen molar-refractivity contribution in [2.75, 3.05) is 19.0 Å². The van der Waals surface area contributed by atoms with Crippen molar-refractivity contribution in [3.63, 3.8) is 0 Å². The van der Waals surface area contributed by atoms with Crippen LogP contribution in [0.15, 0.2) is 18.2 Å². The highest BCUT2D eigenvalue weighted by Gasteiger charge is 2.22. The number of aromatic nitrogens is 2. The summed E-state index contributed by atoms with van der Waals surface area (Å²) in [5, 5.41) is 6.94. The Morgan fingerprint density at radius 1 is 1.36 bits per heavy atom. The smallest absolute Gasteiger partial charge is 0.409 e. The van der Waals surface area contributed by atoms with E-state index in [1.807, 2.05) is 25.1 Å². The number of carbonyl (C=O) groups excluding carboxylic acids is 2. The molecule has 2 heterocycles. The van der Waals surface area contributed by atoms with Crippen molar-refractivity contribution in [2.45, 2.75) is 32.7 Å². The molecule has 2 amide bonds. The molecule has 0 fully saturated rings. The van der Waals surface area contributed by atoms with E-state index in [1.54, 1.807) is 4.90 Å². The molecule has 1 aromatic heterocycles. The second-order valence-corrected chi connectivity index (χ2v) is 6.63. The van der Waals surface area contributed by atoms with Gasteiger partial charge in [-0.3, -0.25) is 4.79 Å². The first-order valence-corrected chi connectivity index (χ1v) is 8.97. The van der Waals surface area contributed by atoms with Gasteiger partial charge in [-0.05, 0) is 47.6 Å². The van der Waals surface area contributed by atoms with Crippen LogP contribution in [0.3, 0.4) is 0 Å². The highest BCUT2D eigenvalue weighted by molar-refractivity contribution is 7.08. The van der Waals surface area contributed by atoms with Gasteiger partial charge in [-0.1, -0.05) is 23.9 Å². The fraction of sp³-hybridized carbons (Fsp3) is 0.412. The van der Waals surface area contributed by atoms with E-state index in [0.29, 0.717) is 23.7 Å². The average Bonchev–Trinajstić information content (AvgIpc) is 3.09.